The van der Waals surface area contributed by atoms with Gasteiger partial charge in [-0.05, 0) is 55.5 Å². The van der Waals surface area contributed by atoms with Crippen LogP contribution in [-0.4, -0.2) is 32.8 Å². The fraction of sp³-hybridized carbons (Fsp3) is 0.318. The van der Waals surface area contributed by atoms with Gasteiger partial charge in [0, 0.05) is 17.8 Å². The number of aromatic nitrogens is 2. The van der Waals surface area contributed by atoms with Gasteiger partial charge in [0.15, 0.2) is 0 Å². The maximum atomic E-state index is 14.2. The first-order chi connectivity index (χ1) is 14.4. The molecule has 0 saturated heterocycles. The maximum absolute atomic E-state index is 14.2. The summed E-state index contributed by atoms with van der Waals surface area (Å²) in [4.78, 5) is 21.6. The molecule has 1 atom stereocenters. The molecule has 1 aliphatic carbocycles. The molecule has 0 bridgehead atoms. The van der Waals surface area contributed by atoms with Crippen LogP contribution in [0.1, 0.15) is 47.8 Å². The molecule has 30 heavy (non-hydrogen) atoms. The summed E-state index contributed by atoms with van der Waals surface area (Å²) in [7, 11) is 0. The number of hydrogen-bond donors (Lipinski definition) is 2. The molecule has 2 heterocycles. The van der Waals surface area contributed by atoms with Gasteiger partial charge in [0.25, 0.3) is 5.91 Å². The molecule has 156 valence electrons. The number of nitrogens with one attached hydrogen (secondary N) is 1. The molecule has 1 unspecified atom stereocenters. The van der Waals surface area contributed by atoms with E-state index in [1.54, 1.807) is 30.5 Å². The van der Waals surface area contributed by atoms with E-state index in [0.29, 0.717) is 10.9 Å². The number of amides is 1. The third-order valence-corrected chi connectivity index (χ3v) is 6.03. The lowest BCUT2D eigenvalue weighted by Crippen LogP contribution is -2.48. The van der Waals surface area contributed by atoms with Crippen LogP contribution in [0.4, 0.5) is 8.78 Å². The second-order valence-corrected chi connectivity index (χ2v) is 7.94. The number of fused-ring (bicyclic) bond motifs is 1. The first-order valence-corrected chi connectivity index (χ1v) is 10.1. The van der Waals surface area contributed by atoms with Crippen molar-refractivity contribution in [3.05, 3.63) is 70.9 Å². The Kier molecular flexibility index (Phi) is 5.66. The average Bonchev–Trinajstić information content (AvgIpc) is 2.76. The number of carbonyl (C=O) groups is 1. The number of carbonyl (C=O) groups excluding carboxylic acids is 1. The van der Waals surface area contributed by atoms with Crippen LogP contribution < -0.4 is 5.32 Å². The highest BCUT2D eigenvalue weighted by atomic mass is 35.5. The van der Waals surface area contributed by atoms with Crippen molar-refractivity contribution in [2.45, 2.75) is 43.5 Å². The second-order valence-electron chi connectivity index (χ2n) is 7.56. The minimum atomic E-state index is -1.47. The summed E-state index contributed by atoms with van der Waals surface area (Å²) in [5, 5.41) is 14.5. The Morgan fingerprint density at radius 1 is 1.17 bits per heavy atom. The molecule has 8 heteroatoms. The highest BCUT2D eigenvalue weighted by molar-refractivity contribution is 6.31. The standard InChI is InChI=1S/C22H20ClF2N3O2/c23-18-15(3-1-5-16(18)25)20(22(30)9-6-13(24)7-10-22)28-21(29)19-14-4-2-11-26-17(14)8-12-27-19/h1-5,8,11-13,20,30H,6-7,9-10H2,(H,28,29)/t13-,20?,22-. The normalized spacial score (nSPS) is 22.6. The summed E-state index contributed by atoms with van der Waals surface area (Å²) >= 11 is 6.19. The molecule has 2 N–H and O–H groups in total. The Morgan fingerprint density at radius 2 is 1.93 bits per heavy atom. The number of pyridine rings is 2. The van der Waals surface area contributed by atoms with Crippen LogP contribution in [0.15, 0.2) is 48.8 Å². The Hall–Kier alpha value is -2.64. The van der Waals surface area contributed by atoms with Gasteiger partial charge in [0.2, 0.25) is 0 Å². The van der Waals surface area contributed by atoms with Gasteiger partial charge >= 0.3 is 0 Å². The van der Waals surface area contributed by atoms with Gasteiger partial charge in [-0.2, -0.15) is 0 Å². The van der Waals surface area contributed by atoms with Gasteiger partial charge in [-0.3, -0.25) is 14.8 Å². The summed E-state index contributed by atoms with van der Waals surface area (Å²) in [6.07, 6.45) is 2.57. The molecule has 5 nitrogen and oxygen atoms in total. The lowest BCUT2D eigenvalue weighted by molar-refractivity contribution is -0.0446. The van der Waals surface area contributed by atoms with E-state index >= 15 is 0 Å². The number of nitrogens with zero attached hydrogens (tertiary/aromatic N) is 2. The Morgan fingerprint density at radius 3 is 2.70 bits per heavy atom. The van der Waals surface area contributed by atoms with Crippen molar-refractivity contribution in [2.24, 2.45) is 0 Å². The van der Waals surface area contributed by atoms with E-state index in [-0.39, 0.29) is 42.0 Å². The van der Waals surface area contributed by atoms with Crippen molar-refractivity contribution >= 4 is 28.4 Å². The molecule has 0 spiro atoms. The first-order valence-electron chi connectivity index (χ1n) is 9.70. The largest absolute Gasteiger partial charge is 0.387 e. The number of aliphatic hydroxyl groups is 1. The SMILES string of the molecule is O=C(NC(c1cccc(F)c1Cl)[C@]1(O)CC[C@H](F)CC1)c1nccc2ncccc12. The Balaban J connectivity index is 1.74. The molecule has 2 aromatic heterocycles. The van der Waals surface area contributed by atoms with E-state index in [1.165, 1.54) is 18.3 Å². The minimum Gasteiger partial charge on any atom is -0.387 e. The smallest absolute Gasteiger partial charge is 0.271 e. The molecule has 0 radical (unpaired) electrons. The zero-order chi connectivity index (χ0) is 21.3. The molecule has 3 aromatic rings. The van der Waals surface area contributed by atoms with Crippen molar-refractivity contribution in [3.8, 4) is 0 Å². The Bertz CT molecular complexity index is 1080. The number of hydrogen-bond acceptors (Lipinski definition) is 4. The van der Waals surface area contributed by atoms with Crippen LogP contribution in [-0.2, 0) is 0 Å². The van der Waals surface area contributed by atoms with E-state index in [4.69, 9.17) is 11.6 Å². The van der Waals surface area contributed by atoms with Crippen LogP contribution >= 0.6 is 11.6 Å². The van der Waals surface area contributed by atoms with Gasteiger partial charge in [-0.15, -0.1) is 0 Å². The van der Waals surface area contributed by atoms with Gasteiger partial charge in [0.1, 0.15) is 17.7 Å². The Labute approximate surface area is 177 Å². The van der Waals surface area contributed by atoms with Crippen molar-refractivity contribution in [3.63, 3.8) is 0 Å². The number of benzene rings is 1. The van der Waals surface area contributed by atoms with Gasteiger partial charge in [0.05, 0.1) is 22.2 Å². The molecule has 4 rings (SSSR count). The number of halogens is 3. The molecule has 1 saturated carbocycles. The lowest BCUT2D eigenvalue weighted by atomic mass is 9.76. The van der Waals surface area contributed by atoms with Crippen LogP contribution in [0.5, 0.6) is 0 Å². The third-order valence-electron chi connectivity index (χ3n) is 5.63. The topological polar surface area (TPSA) is 75.1 Å². The zero-order valence-electron chi connectivity index (χ0n) is 16.0. The van der Waals surface area contributed by atoms with Crippen LogP contribution in [0, 0.1) is 5.82 Å². The van der Waals surface area contributed by atoms with Crippen molar-refractivity contribution < 1.29 is 18.7 Å². The lowest BCUT2D eigenvalue weighted by Gasteiger charge is -2.41. The van der Waals surface area contributed by atoms with Gasteiger partial charge in [-0.1, -0.05) is 23.7 Å². The molecular formula is C22H20ClF2N3O2. The van der Waals surface area contributed by atoms with Gasteiger partial charge in [-0.25, -0.2) is 8.78 Å². The van der Waals surface area contributed by atoms with Crippen LogP contribution in [0.3, 0.4) is 0 Å². The van der Waals surface area contributed by atoms with Crippen LogP contribution in [0.2, 0.25) is 5.02 Å². The van der Waals surface area contributed by atoms with E-state index in [2.05, 4.69) is 15.3 Å². The van der Waals surface area contributed by atoms with Gasteiger partial charge < -0.3 is 10.4 Å². The molecule has 1 aromatic carbocycles. The summed E-state index contributed by atoms with van der Waals surface area (Å²) in [5.74, 6) is -1.22. The third kappa shape index (κ3) is 3.87. The predicted molar refractivity (Wildman–Crippen MR) is 109 cm³/mol. The number of alkyl halides is 1. The van der Waals surface area contributed by atoms with Crippen LogP contribution in [0.25, 0.3) is 10.9 Å². The van der Waals surface area contributed by atoms with E-state index in [0.717, 1.165) is 0 Å². The first kappa shape index (κ1) is 20.6. The predicted octanol–water partition coefficient (Wildman–Crippen LogP) is 4.54. The van der Waals surface area contributed by atoms with Crippen molar-refractivity contribution in [2.75, 3.05) is 0 Å². The molecule has 0 aliphatic heterocycles. The van der Waals surface area contributed by atoms with E-state index < -0.39 is 29.5 Å². The summed E-state index contributed by atoms with van der Waals surface area (Å²) in [5.41, 5.74) is -0.517. The summed E-state index contributed by atoms with van der Waals surface area (Å²) in [6, 6.07) is 8.27. The van der Waals surface area contributed by atoms with E-state index in [1.807, 2.05) is 0 Å². The zero-order valence-corrected chi connectivity index (χ0v) is 16.7. The second kappa shape index (κ2) is 8.24. The quantitative estimate of drug-likeness (QED) is 0.636. The summed E-state index contributed by atoms with van der Waals surface area (Å²) in [6.45, 7) is 0. The summed E-state index contributed by atoms with van der Waals surface area (Å²) < 4.78 is 27.9. The fourth-order valence-corrected chi connectivity index (χ4v) is 4.23. The fourth-order valence-electron chi connectivity index (χ4n) is 4.00. The van der Waals surface area contributed by atoms with E-state index in [9.17, 15) is 18.7 Å². The highest BCUT2D eigenvalue weighted by Gasteiger charge is 2.43. The van der Waals surface area contributed by atoms with Crippen molar-refractivity contribution in [1.82, 2.24) is 15.3 Å². The maximum Gasteiger partial charge on any atom is 0.271 e. The molecule has 1 amide bonds. The molecule has 1 fully saturated rings. The number of rotatable bonds is 4. The van der Waals surface area contributed by atoms with Crippen molar-refractivity contribution in [1.29, 1.82) is 0 Å². The monoisotopic (exact) mass is 431 g/mol. The minimum absolute atomic E-state index is 0.108. The average molecular weight is 432 g/mol. The molecule has 1 aliphatic rings. The molecular weight excluding hydrogens is 412 g/mol. The highest BCUT2D eigenvalue weighted by Crippen LogP contribution is 2.42.